The number of amides is 1. The lowest BCUT2D eigenvalue weighted by Crippen LogP contribution is -2.36. The van der Waals surface area contributed by atoms with Crippen molar-refractivity contribution in [1.82, 2.24) is 4.90 Å². The van der Waals surface area contributed by atoms with Gasteiger partial charge in [-0.2, -0.15) is 0 Å². The van der Waals surface area contributed by atoms with E-state index < -0.39 is 6.04 Å². The Kier molecular flexibility index (Phi) is 3.97. The topological polar surface area (TPSA) is 46.6 Å². The number of carbonyl (C=O) groups is 1. The summed E-state index contributed by atoms with van der Waals surface area (Å²) in [5, 5.41) is 0. The molecule has 1 aromatic carbocycles. The molecule has 4 heteroatoms. The molecule has 0 bridgehead atoms. The van der Waals surface area contributed by atoms with Gasteiger partial charge in [-0.15, -0.1) is 0 Å². The maximum atomic E-state index is 12.0. The molecule has 0 aromatic heterocycles. The minimum absolute atomic E-state index is 0.298. The molecule has 95 valence electrons. The van der Waals surface area contributed by atoms with Crippen LogP contribution in [0.4, 0.5) is 0 Å². The van der Waals surface area contributed by atoms with Gasteiger partial charge in [0.25, 0.3) is 0 Å². The average Bonchev–Trinajstić information content (AvgIpc) is 2.88. The van der Waals surface area contributed by atoms with E-state index in [9.17, 15) is 9.59 Å². The van der Waals surface area contributed by atoms with Crippen molar-refractivity contribution in [3.63, 3.8) is 0 Å². The Bertz CT molecular complexity index is 418. The van der Waals surface area contributed by atoms with Crippen molar-refractivity contribution < 1.29 is 14.3 Å². The number of esters is 1. The molecule has 2 rings (SSSR count). The lowest BCUT2D eigenvalue weighted by atomic mass is 10.1. The number of ether oxygens (including phenoxy) is 1. The van der Waals surface area contributed by atoms with Crippen molar-refractivity contribution in [1.29, 1.82) is 0 Å². The Morgan fingerprint density at radius 2 is 2.17 bits per heavy atom. The summed E-state index contributed by atoms with van der Waals surface area (Å²) in [4.78, 5) is 24.0. The molecule has 0 aliphatic carbocycles. The fraction of sp³-hybridized carbons (Fsp3) is 0.429. The van der Waals surface area contributed by atoms with Gasteiger partial charge in [0.05, 0.1) is 0 Å². The van der Waals surface area contributed by atoms with Crippen LogP contribution in [-0.2, 0) is 14.3 Å². The smallest absolute Gasteiger partial charge is 0.329 e. The standard InChI is InChI=1S/C14H16NO3/c1-11(12-6-3-2-4-7-12)18-14(17)13-8-5-9-15(13)10-16/h2-4,6-7,11,13H,5,8-9H2,1H3. The van der Waals surface area contributed by atoms with Crippen LogP contribution >= 0.6 is 0 Å². The number of rotatable bonds is 4. The maximum absolute atomic E-state index is 12.0. The van der Waals surface area contributed by atoms with Crippen LogP contribution in [0.3, 0.4) is 0 Å². The van der Waals surface area contributed by atoms with E-state index in [1.807, 2.05) is 37.3 Å². The molecule has 1 amide bonds. The number of hydrogen-bond acceptors (Lipinski definition) is 3. The van der Waals surface area contributed by atoms with Crippen molar-refractivity contribution in [2.45, 2.75) is 31.9 Å². The van der Waals surface area contributed by atoms with Crippen LogP contribution in [0.5, 0.6) is 0 Å². The first-order chi connectivity index (χ1) is 8.72. The van der Waals surface area contributed by atoms with Crippen LogP contribution in [0.1, 0.15) is 31.4 Å². The van der Waals surface area contributed by atoms with Crippen molar-refractivity contribution in [2.24, 2.45) is 0 Å². The average molecular weight is 246 g/mol. The van der Waals surface area contributed by atoms with Crippen LogP contribution < -0.4 is 0 Å². The number of benzene rings is 1. The zero-order valence-electron chi connectivity index (χ0n) is 10.3. The van der Waals surface area contributed by atoms with Crippen LogP contribution in [-0.4, -0.2) is 29.9 Å². The number of nitrogens with zero attached hydrogens (tertiary/aromatic N) is 1. The Morgan fingerprint density at radius 1 is 1.44 bits per heavy atom. The Morgan fingerprint density at radius 3 is 2.83 bits per heavy atom. The Hall–Kier alpha value is -1.84. The third-order valence-corrected chi connectivity index (χ3v) is 3.20. The van der Waals surface area contributed by atoms with E-state index in [4.69, 9.17) is 4.74 Å². The van der Waals surface area contributed by atoms with Crippen molar-refractivity contribution in [3.05, 3.63) is 35.9 Å². The first kappa shape index (κ1) is 12.6. The third kappa shape index (κ3) is 2.70. The van der Waals surface area contributed by atoms with Crippen LogP contribution in [0.2, 0.25) is 0 Å². The van der Waals surface area contributed by atoms with Gasteiger partial charge in [-0.1, -0.05) is 30.3 Å². The molecule has 2 atom stereocenters. The van der Waals surface area contributed by atoms with Gasteiger partial charge in [0.15, 0.2) is 0 Å². The highest BCUT2D eigenvalue weighted by Gasteiger charge is 2.32. The number of hydrogen-bond donors (Lipinski definition) is 0. The summed E-state index contributed by atoms with van der Waals surface area (Å²) in [5.41, 5.74) is 0.950. The van der Waals surface area contributed by atoms with E-state index in [0.29, 0.717) is 13.0 Å². The van der Waals surface area contributed by atoms with E-state index in [1.54, 1.807) is 6.41 Å². The Labute approximate surface area is 107 Å². The van der Waals surface area contributed by atoms with Crippen molar-refractivity contribution in [3.8, 4) is 0 Å². The fourth-order valence-electron chi connectivity index (χ4n) is 2.17. The van der Waals surface area contributed by atoms with Gasteiger partial charge in [-0.25, -0.2) is 4.79 Å². The fourth-order valence-corrected chi connectivity index (χ4v) is 2.17. The molecular weight excluding hydrogens is 230 g/mol. The number of carbonyl (C=O) groups excluding carboxylic acids is 2. The highest BCUT2D eigenvalue weighted by Crippen LogP contribution is 2.21. The highest BCUT2D eigenvalue weighted by atomic mass is 16.5. The molecule has 0 N–H and O–H groups in total. The van der Waals surface area contributed by atoms with Crippen molar-refractivity contribution >= 4 is 12.4 Å². The molecule has 1 aliphatic heterocycles. The minimum Gasteiger partial charge on any atom is -0.456 e. The molecule has 4 nitrogen and oxygen atoms in total. The predicted octanol–water partition coefficient (Wildman–Crippen LogP) is 1.82. The molecular formula is C14H16NO3. The van der Waals surface area contributed by atoms with Crippen LogP contribution in [0.25, 0.3) is 0 Å². The van der Waals surface area contributed by atoms with Crippen LogP contribution in [0, 0.1) is 0 Å². The van der Waals surface area contributed by atoms with E-state index in [0.717, 1.165) is 12.0 Å². The minimum atomic E-state index is -0.464. The van der Waals surface area contributed by atoms with E-state index in [2.05, 4.69) is 0 Å². The van der Waals surface area contributed by atoms with E-state index in [-0.39, 0.29) is 12.1 Å². The molecule has 1 fully saturated rings. The first-order valence-corrected chi connectivity index (χ1v) is 6.12. The van der Waals surface area contributed by atoms with Gasteiger partial charge >= 0.3 is 12.4 Å². The quantitative estimate of drug-likeness (QED) is 0.761. The molecule has 1 aliphatic rings. The zero-order valence-corrected chi connectivity index (χ0v) is 10.3. The second kappa shape index (κ2) is 5.67. The Balaban J connectivity index is 1.97. The molecule has 18 heavy (non-hydrogen) atoms. The molecule has 0 saturated carbocycles. The van der Waals surface area contributed by atoms with Gasteiger partial charge in [0.2, 0.25) is 0 Å². The molecule has 1 saturated heterocycles. The van der Waals surface area contributed by atoms with Crippen LogP contribution in [0.15, 0.2) is 30.3 Å². The van der Waals surface area contributed by atoms with Gasteiger partial charge < -0.3 is 9.64 Å². The molecule has 1 radical (unpaired) electrons. The molecule has 1 heterocycles. The van der Waals surface area contributed by atoms with Gasteiger partial charge in [-0.05, 0) is 25.3 Å². The maximum Gasteiger partial charge on any atom is 0.329 e. The molecule has 2 unspecified atom stereocenters. The third-order valence-electron chi connectivity index (χ3n) is 3.20. The largest absolute Gasteiger partial charge is 0.456 e. The van der Waals surface area contributed by atoms with Crippen molar-refractivity contribution in [2.75, 3.05) is 6.54 Å². The van der Waals surface area contributed by atoms with E-state index in [1.165, 1.54) is 4.90 Å². The first-order valence-electron chi connectivity index (χ1n) is 6.12. The summed E-state index contributed by atoms with van der Waals surface area (Å²) >= 11 is 0. The monoisotopic (exact) mass is 246 g/mol. The highest BCUT2D eigenvalue weighted by molar-refractivity contribution is 5.79. The predicted molar refractivity (Wildman–Crippen MR) is 66.4 cm³/mol. The number of likely N-dealkylation sites (tertiary alicyclic amines) is 1. The van der Waals surface area contributed by atoms with Gasteiger partial charge in [0, 0.05) is 6.54 Å². The van der Waals surface area contributed by atoms with Gasteiger partial charge in [-0.3, -0.25) is 4.79 Å². The summed E-state index contributed by atoms with van der Waals surface area (Å²) in [6, 6.07) is 9.08. The lowest BCUT2D eigenvalue weighted by Gasteiger charge is -2.20. The summed E-state index contributed by atoms with van der Waals surface area (Å²) < 4.78 is 5.39. The zero-order chi connectivity index (χ0) is 13.0. The molecule has 0 spiro atoms. The SMILES string of the molecule is CC(OC(=O)C1CCCN1[C]=O)c1ccccc1. The van der Waals surface area contributed by atoms with E-state index >= 15 is 0 Å². The van der Waals surface area contributed by atoms with Gasteiger partial charge in [0.1, 0.15) is 12.1 Å². The summed E-state index contributed by atoms with van der Waals surface area (Å²) in [7, 11) is 0. The lowest BCUT2D eigenvalue weighted by molar-refractivity contribution is -0.152. The second-order valence-corrected chi connectivity index (χ2v) is 4.43. The summed E-state index contributed by atoms with van der Waals surface area (Å²) in [5.74, 6) is -0.341. The summed E-state index contributed by atoms with van der Waals surface area (Å²) in [6.45, 7) is 2.42. The normalized spacial score (nSPS) is 20.5. The summed E-state index contributed by atoms with van der Waals surface area (Å²) in [6.07, 6.45) is 2.98. The molecule has 1 aromatic rings. The second-order valence-electron chi connectivity index (χ2n) is 4.43.